The van der Waals surface area contributed by atoms with Crippen LogP contribution in [0.2, 0.25) is 0 Å². The number of amides is 1. The van der Waals surface area contributed by atoms with E-state index < -0.39 is 0 Å². The summed E-state index contributed by atoms with van der Waals surface area (Å²) < 4.78 is 6.57. The molecule has 2 aromatic rings. The molecule has 0 saturated carbocycles. The van der Waals surface area contributed by atoms with Crippen LogP contribution < -0.4 is 15.0 Å². The van der Waals surface area contributed by atoms with E-state index >= 15 is 0 Å². The van der Waals surface area contributed by atoms with Crippen LogP contribution in [0.15, 0.2) is 41.0 Å². The summed E-state index contributed by atoms with van der Waals surface area (Å²) in [6.45, 7) is 5.80. The number of hydrogen-bond donors (Lipinski definition) is 1. The number of anilines is 2. The van der Waals surface area contributed by atoms with Crippen molar-refractivity contribution in [3.63, 3.8) is 0 Å². The number of pyridine rings is 1. The van der Waals surface area contributed by atoms with Crippen LogP contribution in [0.1, 0.15) is 16.8 Å². The molecule has 0 aliphatic carbocycles. The van der Waals surface area contributed by atoms with Gasteiger partial charge in [0.15, 0.2) is 0 Å². The molecule has 8 heteroatoms. The van der Waals surface area contributed by atoms with Crippen molar-refractivity contribution in [3.8, 4) is 5.75 Å². The topological polar surface area (TPSA) is 60.9 Å². The van der Waals surface area contributed by atoms with Crippen LogP contribution >= 0.6 is 15.9 Å². The van der Waals surface area contributed by atoms with Gasteiger partial charge in [0.05, 0.1) is 18.4 Å². The SMILES string of the molecule is COc1cc(Br)ccc1N1CCN(CCCNc2ncccc2C(=O)N(C)C)CC1. The Morgan fingerprint density at radius 1 is 1.23 bits per heavy atom. The minimum absolute atomic E-state index is 0.0370. The van der Waals surface area contributed by atoms with Gasteiger partial charge in [-0.2, -0.15) is 0 Å². The molecule has 30 heavy (non-hydrogen) atoms. The molecule has 1 aromatic heterocycles. The number of aromatic nitrogens is 1. The predicted molar refractivity (Wildman–Crippen MR) is 125 cm³/mol. The average Bonchev–Trinajstić information content (AvgIpc) is 2.77. The third-order valence-electron chi connectivity index (χ3n) is 5.24. The summed E-state index contributed by atoms with van der Waals surface area (Å²) in [7, 11) is 5.22. The number of nitrogens with one attached hydrogen (secondary N) is 1. The van der Waals surface area contributed by atoms with E-state index in [1.165, 1.54) is 0 Å². The van der Waals surface area contributed by atoms with Crippen molar-refractivity contribution < 1.29 is 9.53 Å². The molecule has 0 bridgehead atoms. The van der Waals surface area contributed by atoms with E-state index in [-0.39, 0.29) is 5.91 Å². The largest absolute Gasteiger partial charge is 0.495 e. The molecule has 3 rings (SSSR count). The first-order valence-corrected chi connectivity index (χ1v) is 11.0. The summed E-state index contributed by atoms with van der Waals surface area (Å²) in [4.78, 5) is 23.1. The van der Waals surface area contributed by atoms with Gasteiger partial charge in [-0.1, -0.05) is 15.9 Å². The van der Waals surface area contributed by atoms with Crippen molar-refractivity contribution in [2.45, 2.75) is 6.42 Å². The molecule has 0 radical (unpaired) electrons. The van der Waals surface area contributed by atoms with Gasteiger partial charge >= 0.3 is 0 Å². The predicted octanol–water partition coefficient (Wildman–Crippen LogP) is 3.18. The zero-order chi connectivity index (χ0) is 21.5. The fourth-order valence-electron chi connectivity index (χ4n) is 3.59. The molecule has 1 amide bonds. The summed E-state index contributed by atoms with van der Waals surface area (Å²) >= 11 is 3.50. The van der Waals surface area contributed by atoms with Gasteiger partial charge in [-0.15, -0.1) is 0 Å². The lowest BCUT2D eigenvalue weighted by atomic mass is 10.2. The molecule has 1 aliphatic heterocycles. The fourth-order valence-corrected chi connectivity index (χ4v) is 3.93. The van der Waals surface area contributed by atoms with E-state index in [4.69, 9.17) is 4.74 Å². The number of hydrogen-bond acceptors (Lipinski definition) is 6. The highest BCUT2D eigenvalue weighted by atomic mass is 79.9. The second kappa shape index (κ2) is 10.6. The van der Waals surface area contributed by atoms with Crippen molar-refractivity contribution in [3.05, 3.63) is 46.6 Å². The third kappa shape index (κ3) is 5.64. The Bertz CT molecular complexity index is 853. The molecule has 0 unspecified atom stereocenters. The first kappa shape index (κ1) is 22.4. The zero-order valence-electron chi connectivity index (χ0n) is 17.9. The second-order valence-electron chi connectivity index (χ2n) is 7.52. The van der Waals surface area contributed by atoms with Crippen molar-refractivity contribution in [2.24, 2.45) is 0 Å². The van der Waals surface area contributed by atoms with E-state index in [1.807, 2.05) is 12.1 Å². The molecule has 1 saturated heterocycles. The molecule has 2 heterocycles. The summed E-state index contributed by atoms with van der Waals surface area (Å²) in [5.74, 6) is 1.52. The Kier molecular flexibility index (Phi) is 7.93. The minimum Gasteiger partial charge on any atom is -0.495 e. The smallest absolute Gasteiger partial charge is 0.257 e. The molecule has 0 atom stereocenters. The lowest BCUT2D eigenvalue weighted by Gasteiger charge is -2.36. The van der Waals surface area contributed by atoms with E-state index in [0.29, 0.717) is 11.4 Å². The van der Waals surface area contributed by atoms with Crippen LogP contribution in [-0.2, 0) is 0 Å². The number of methoxy groups -OCH3 is 1. The quantitative estimate of drug-likeness (QED) is 0.591. The van der Waals surface area contributed by atoms with Gasteiger partial charge in [-0.25, -0.2) is 4.98 Å². The highest BCUT2D eigenvalue weighted by molar-refractivity contribution is 9.10. The molecule has 1 N–H and O–H groups in total. The maximum absolute atomic E-state index is 12.3. The number of halogens is 1. The maximum Gasteiger partial charge on any atom is 0.257 e. The average molecular weight is 476 g/mol. The Hall–Kier alpha value is -2.32. The standard InChI is InChI=1S/C22H30BrN5O2/c1-26(2)22(29)18-6-4-9-24-21(18)25-10-5-11-27-12-14-28(15-13-27)19-8-7-17(23)16-20(19)30-3/h4,6-9,16H,5,10-15H2,1-3H3,(H,24,25). The van der Waals surface area contributed by atoms with Crippen LogP contribution in [-0.4, -0.2) is 81.2 Å². The van der Waals surface area contributed by atoms with Gasteiger partial charge in [0, 0.05) is 57.5 Å². The van der Waals surface area contributed by atoms with Crippen LogP contribution in [0.5, 0.6) is 5.75 Å². The Labute approximate surface area is 187 Å². The molecule has 1 aliphatic rings. The third-order valence-corrected chi connectivity index (χ3v) is 5.74. The van der Waals surface area contributed by atoms with Gasteiger partial charge in [0.25, 0.3) is 5.91 Å². The van der Waals surface area contributed by atoms with Crippen molar-refractivity contribution in [1.82, 2.24) is 14.8 Å². The molecular weight excluding hydrogens is 446 g/mol. The number of benzene rings is 1. The van der Waals surface area contributed by atoms with Crippen LogP contribution in [0.4, 0.5) is 11.5 Å². The molecule has 7 nitrogen and oxygen atoms in total. The minimum atomic E-state index is -0.0370. The molecule has 1 fully saturated rings. The first-order valence-electron chi connectivity index (χ1n) is 10.2. The van der Waals surface area contributed by atoms with Crippen molar-refractivity contribution in [1.29, 1.82) is 0 Å². The van der Waals surface area contributed by atoms with E-state index in [0.717, 1.165) is 61.6 Å². The van der Waals surface area contributed by atoms with Gasteiger partial charge in [0.2, 0.25) is 0 Å². The van der Waals surface area contributed by atoms with Gasteiger partial charge in [0.1, 0.15) is 11.6 Å². The number of carbonyl (C=O) groups excluding carboxylic acids is 1. The number of nitrogens with zero attached hydrogens (tertiary/aromatic N) is 4. The van der Waals surface area contributed by atoms with E-state index in [9.17, 15) is 4.79 Å². The van der Waals surface area contributed by atoms with Gasteiger partial charge in [-0.05, 0) is 43.3 Å². The van der Waals surface area contributed by atoms with E-state index in [1.54, 1.807) is 38.4 Å². The highest BCUT2D eigenvalue weighted by Crippen LogP contribution is 2.31. The monoisotopic (exact) mass is 475 g/mol. The molecule has 0 spiro atoms. The van der Waals surface area contributed by atoms with E-state index in [2.05, 4.69) is 48.2 Å². The van der Waals surface area contributed by atoms with Crippen LogP contribution in [0, 0.1) is 0 Å². The van der Waals surface area contributed by atoms with Crippen molar-refractivity contribution in [2.75, 3.05) is 70.7 Å². The highest BCUT2D eigenvalue weighted by Gasteiger charge is 2.20. The maximum atomic E-state index is 12.3. The van der Waals surface area contributed by atoms with Crippen LogP contribution in [0.3, 0.4) is 0 Å². The molecule has 1 aromatic carbocycles. The number of carbonyl (C=O) groups is 1. The normalized spacial score (nSPS) is 14.5. The second-order valence-corrected chi connectivity index (χ2v) is 8.44. The number of rotatable bonds is 8. The van der Waals surface area contributed by atoms with Gasteiger partial charge < -0.3 is 19.9 Å². The van der Waals surface area contributed by atoms with Gasteiger partial charge in [-0.3, -0.25) is 9.69 Å². The summed E-state index contributed by atoms with van der Waals surface area (Å²) in [6, 6.07) is 9.79. The number of ether oxygens (including phenoxy) is 1. The zero-order valence-corrected chi connectivity index (χ0v) is 19.5. The Morgan fingerprint density at radius 2 is 2.00 bits per heavy atom. The lowest BCUT2D eigenvalue weighted by Crippen LogP contribution is -2.47. The van der Waals surface area contributed by atoms with Crippen molar-refractivity contribution >= 4 is 33.3 Å². The Balaban J connectivity index is 1.45. The molecule has 162 valence electrons. The van der Waals surface area contributed by atoms with Crippen LogP contribution in [0.25, 0.3) is 0 Å². The summed E-state index contributed by atoms with van der Waals surface area (Å²) in [5.41, 5.74) is 1.76. The lowest BCUT2D eigenvalue weighted by molar-refractivity contribution is 0.0828. The number of piperazine rings is 1. The molecular formula is C22H30BrN5O2. The Morgan fingerprint density at radius 3 is 2.70 bits per heavy atom. The summed E-state index contributed by atoms with van der Waals surface area (Å²) in [6.07, 6.45) is 2.71. The first-order chi connectivity index (χ1) is 14.5. The fraction of sp³-hybridized carbons (Fsp3) is 0.455. The summed E-state index contributed by atoms with van der Waals surface area (Å²) in [5, 5.41) is 3.33.